The van der Waals surface area contributed by atoms with E-state index in [1.807, 2.05) is 37.3 Å². The molecule has 4 heteroatoms. The van der Waals surface area contributed by atoms with E-state index < -0.39 is 11.9 Å². The molecule has 2 amide bonds. The summed E-state index contributed by atoms with van der Waals surface area (Å²) in [4.78, 5) is 23.6. The normalized spacial score (nSPS) is 13.8. The summed E-state index contributed by atoms with van der Waals surface area (Å²) in [5.74, 6) is -0.290. The fraction of sp³-hybridized carbons (Fsp3) is 0.500. The first kappa shape index (κ1) is 16.2. The lowest BCUT2D eigenvalue weighted by Crippen LogP contribution is -2.47. The van der Waals surface area contributed by atoms with Crippen LogP contribution in [0.2, 0.25) is 0 Å². The van der Waals surface area contributed by atoms with Crippen molar-refractivity contribution >= 4 is 11.8 Å². The molecule has 0 saturated carbocycles. The summed E-state index contributed by atoms with van der Waals surface area (Å²) in [7, 11) is 0. The number of amides is 2. The largest absolute Gasteiger partial charge is 0.368 e. The van der Waals surface area contributed by atoms with Crippen LogP contribution < -0.4 is 11.1 Å². The van der Waals surface area contributed by atoms with Crippen molar-refractivity contribution < 1.29 is 9.59 Å². The predicted molar refractivity (Wildman–Crippen MR) is 79.9 cm³/mol. The number of primary amides is 1. The van der Waals surface area contributed by atoms with Crippen LogP contribution in [0.25, 0.3) is 0 Å². The third-order valence-electron chi connectivity index (χ3n) is 3.22. The highest BCUT2D eigenvalue weighted by Crippen LogP contribution is 2.11. The zero-order chi connectivity index (χ0) is 15.1. The summed E-state index contributed by atoms with van der Waals surface area (Å²) in [6.45, 7) is 6.01. The topological polar surface area (TPSA) is 72.2 Å². The van der Waals surface area contributed by atoms with E-state index in [0.29, 0.717) is 12.3 Å². The SMILES string of the molecule is CC(C)C[C@@H](C)C(=O)N[C@@H](Cc1ccccc1)C(N)=O. The van der Waals surface area contributed by atoms with Crippen LogP contribution in [0.5, 0.6) is 0 Å². The smallest absolute Gasteiger partial charge is 0.240 e. The van der Waals surface area contributed by atoms with E-state index in [1.54, 1.807) is 0 Å². The molecule has 0 bridgehead atoms. The van der Waals surface area contributed by atoms with Crippen LogP contribution in [0.15, 0.2) is 30.3 Å². The lowest BCUT2D eigenvalue weighted by atomic mass is 9.97. The molecule has 0 aliphatic rings. The summed E-state index contributed by atoms with van der Waals surface area (Å²) in [5.41, 5.74) is 6.36. The van der Waals surface area contributed by atoms with Gasteiger partial charge in [-0.2, -0.15) is 0 Å². The van der Waals surface area contributed by atoms with Gasteiger partial charge in [0.25, 0.3) is 0 Å². The second kappa shape index (κ2) is 7.68. The quantitative estimate of drug-likeness (QED) is 0.798. The van der Waals surface area contributed by atoms with Crippen LogP contribution in [0, 0.1) is 11.8 Å². The van der Waals surface area contributed by atoms with E-state index in [-0.39, 0.29) is 11.8 Å². The van der Waals surface area contributed by atoms with Gasteiger partial charge in [0.15, 0.2) is 0 Å². The highest BCUT2D eigenvalue weighted by Gasteiger charge is 2.22. The van der Waals surface area contributed by atoms with Crippen molar-refractivity contribution in [1.82, 2.24) is 5.32 Å². The lowest BCUT2D eigenvalue weighted by Gasteiger charge is -2.19. The number of rotatable bonds is 7. The Balaban J connectivity index is 2.64. The monoisotopic (exact) mass is 276 g/mol. The van der Waals surface area contributed by atoms with Gasteiger partial charge in [-0.25, -0.2) is 0 Å². The Morgan fingerprint density at radius 2 is 1.75 bits per heavy atom. The fourth-order valence-corrected chi connectivity index (χ4v) is 2.20. The van der Waals surface area contributed by atoms with Crippen LogP contribution in [-0.4, -0.2) is 17.9 Å². The molecule has 3 N–H and O–H groups in total. The number of carbonyl (C=O) groups is 2. The first-order chi connectivity index (χ1) is 9.40. The number of hydrogen-bond donors (Lipinski definition) is 2. The zero-order valence-corrected chi connectivity index (χ0v) is 12.4. The van der Waals surface area contributed by atoms with Crippen molar-refractivity contribution in [3.05, 3.63) is 35.9 Å². The van der Waals surface area contributed by atoms with Crippen molar-refractivity contribution in [2.24, 2.45) is 17.6 Å². The Labute approximate surface area is 120 Å². The fourth-order valence-electron chi connectivity index (χ4n) is 2.20. The van der Waals surface area contributed by atoms with Crippen molar-refractivity contribution in [1.29, 1.82) is 0 Å². The molecule has 0 saturated heterocycles. The van der Waals surface area contributed by atoms with Crippen molar-refractivity contribution in [2.75, 3.05) is 0 Å². The first-order valence-electron chi connectivity index (χ1n) is 7.03. The van der Waals surface area contributed by atoms with Gasteiger partial charge in [0.05, 0.1) is 0 Å². The Kier molecular flexibility index (Phi) is 6.22. The molecule has 0 spiro atoms. The van der Waals surface area contributed by atoms with E-state index in [9.17, 15) is 9.59 Å². The molecule has 0 unspecified atom stereocenters. The number of hydrogen-bond acceptors (Lipinski definition) is 2. The molecule has 0 heterocycles. The molecular formula is C16H24N2O2. The molecule has 0 aromatic heterocycles. The number of nitrogens with one attached hydrogen (secondary N) is 1. The van der Waals surface area contributed by atoms with Gasteiger partial charge in [-0.1, -0.05) is 51.1 Å². The van der Waals surface area contributed by atoms with E-state index >= 15 is 0 Å². The van der Waals surface area contributed by atoms with Crippen LogP contribution >= 0.6 is 0 Å². The molecule has 1 aromatic carbocycles. The molecule has 2 atom stereocenters. The maximum Gasteiger partial charge on any atom is 0.240 e. The second-order valence-corrected chi connectivity index (χ2v) is 5.68. The molecule has 0 aliphatic heterocycles. The Morgan fingerprint density at radius 1 is 1.15 bits per heavy atom. The predicted octanol–water partition coefficient (Wildman–Crippen LogP) is 1.88. The number of carbonyl (C=O) groups excluding carboxylic acids is 2. The Hall–Kier alpha value is -1.84. The molecular weight excluding hydrogens is 252 g/mol. The maximum absolute atomic E-state index is 12.1. The molecule has 1 rings (SSSR count). The lowest BCUT2D eigenvalue weighted by molar-refractivity contribution is -0.129. The van der Waals surface area contributed by atoms with E-state index in [4.69, 9.17) is 5.73 Å². The van der Waals surface area contributed by atoms with Gasteiger partial charge < -0.3 is 11.1 Å². The molecule has 0 fully saturated rings. The molecule has 1 aromatic rings. The third kappa shape index (κ3) is 5.43. The summed E-state index contributed by atoms with van der Waals surface area (Å²) in [5, 5.41) is 2.76. The minimum atomic E-state index is -0.653. The average molecular weight is 276 g/mol. The molecule has 0 aliphatic carbocycles. The van der Waals surface area contributed by atoms with Gasteiger partial charge in [-0.15, -0.1) is 0 Å². The zero-order valence-electron chi connectivity index (χ0n) is 12.4. The summed E-state index contributed by atoms with van der Waals surface area (Å²) in [6, 6.07) is 8.89. The summed E-state index contributed by atoms with van der Waals surface area (Å²) >= 11 is 0. The Bertz CT molecular complexity index is 443. The van der Waals surface area contributed by atoms with Gasteiger partial charge in [0.1, 0.15) is 6.04 Å². The van der Waals surface area contributed by atoms with Crippen LogP contribution in [-0.2, 0) is 16.0 Å². The van der Waals surface area contributed by atoms with E-state index in [1.165, 1.54) is 0 Å². The summed E-state index contributed by atoms with van der Waals surface area (Å²) in [6.07, 6.45) is 1.22. The Morgan fingerprint density at radius 3 is 2.25 bits per heavy atom. The number of benzene rings is 1. The molecule has 0 radical (unpaired) electrons. The van der Waals surface area contributed by atoms with Crippen molar-refractivity contribution in [2.45, 2.75) is 39.7 Å². The maximum atomic E-state index is 12.1. The number of nitrogens with two attached hydrogens (primary N) is 1. The first-order valence-corrected chi connectivity index (χ1v) is 7.03. The van der Waals surface area contributed by atoms with Gasteiger partial charge in [0.2, 0.25) is 11.8 Å². The minimum absolute atomic E-state index is 0.113. The molecule has 20 heavy (non-hydrogen) atoms. The third-order valence-corrected chi connectivity index (χ3v) is 3.22. The van der Waals surface area contributed by atoms with E-state index in [0.717, 1.165) is 12.0 Å². The van der Waals surface area contributed by atoms with Crippen molar-refractivity contribution in [3.8, 4) is 0 Å². The van der Waals surface area contributed by atoms with Crippen LogP contribution in [0.1, 0.15) is 32.8 Å². The second-order valence-electron chi connectivity index (χ2n) is 5.68. The highest BCUT2D eigenvalue weighted by molar-refractivity contribution is 5.87. The van der Waals surface area contributed by atoms with Crippen molar-refractivity contribution in [3.63, 3.8) is 0 Å². The van der Waals surface area contributed by atoms with E-state index in [2.05, 4.69) is 19.2 Å². The van der Waals surface area contributed by atoms with Gasteiger partial charge in [-0.3, -0.25) is 9.59 Å². The van der Waals surface area contributed by atoms with Gasteiger partial charge >= 0.3 is 0 Å². The molecule has 110 valence electrons. The van der Waals surface area contributed by atoms with Crippen LogP contribution in [0.3, 0.4) is 0 Å². The van der Waals surface area contributed by atoms with Crippen LogP contribution in [0.4, 0.5) is 0 Å². The highest BCUT2D eigenvalue weighted by atomic mass is 16.2. The minimum Gasteiger partial charge on any atom is -0.368 e. The summed E-state index contributed by atoms with van der Waals surface area (Å²) < 4.78 is 0. The van der Waals surface area contributed by atoms with Gasteiger partial charge in [0, 0.05) is 12.3 Å². The standard InChI is InChI=1S/C16H24N2O2/c1-11(2)9-12(3)16(20)18-14(15(17)19)10-13-7-5-4-6-8-13/h4-8,11-12,14H,9-10H2,1-3H3,(H2,17,19)(H,18,20)/t12-,14+/m1/s1. The molecule has 4 nitrogen and oxygen atoms in total. The average Bonchev–Trinajstić information content (AvgIpc) is 2.38. The van der Waals surface area contributed by atoms with Gasteiger partial charge in [-0.05, 0) is 17.9 Å².